The zero-order valence-electron chi connectivity index (χ0n) is 17.4. The van der Waals surface area contributed by atoms with Crippen LogP contribution in [0.15, 0.2) is 41.7 Å². The maximum absolute atomic E-state index is 10.0. The molecule has 0 radical (unpaired) electrons. The Morgan fingerprint density at radius 2 is 1.97 bits per heavy atom. The molecule has 3 aromatic rings. The highest BCUT2D eigenvalue weighted by molar-refractivity contribution is 6.04. The molecule has 2 heterocycles. The molecule has 29 heavy (non-hydrogen) atoms. The van der Waals surface area contributed by atoms with Crippen LogP contribution in [0.1, 0.15) is 30.5 Å². The fraction of sp³-hybridized carbons (Fsp3) is 0.286. The molecule has 0 fully saturated rings. The molecule has 0 aliphatic heterocycles. The minimum absolute atomic E-state index is 0.190. The maximum Gasteiger partial charge on any atom is 0.153 e. The third-order valence-electron chi connectivity index (χ3n) is 4.43. The van der Waals surface area contributed by atoms with Crippen LogP contribution in [0.5, 0.6) is 5.75 Å². The standard InChI is InChI=1S/C21H27N7O/c1-12(2)24-16-10-19(25-18-8-9-28(5)27-18)23-11-15(16)21(22)26-20-13(3)6-7-17(29)14(20)4/h6-12,29H,1-5H3,(H2,22,26)(H2,23,24,25,27). The minimum atomic E-state index is 0.190. The van der Waals surface area contributed by atoms with Crippen molar-refractivity contribution in [2.45, 2.75) is 33.7 Å². The molecule has 0 bridgehead atoms. The second kappa shape index (κ2) is 8.22. The smallest absolute Gasteiger partial charge is 0.153 e. The normalized spacial score (nSPS) is 11.7. The second-order valence-corrected chi connectivity index (χ2v) is 7.29. The van der Waals surface area contributed by atoms with Crippen LogP contribution in [0.25, 0.3) is 0 Å². The lowest BCUT2D eigenvalue weighted by molar-refractivity contribution is 0.471. The van der Waals surface area contributed by atoms with Gasteiger partial charge in [-0.3, -0.25) is 4.68 Å². The van der Waals surface area contributed by atoms with E-state index >= 15 is 0 Å². The van der Waals surface area contributed by atoms with Gasteiger partial charge in [-0.05, 0) is 39.3 Å². The summed E-state index contributed by atoms with van der Waals surface area (Å²) >= 11 is 0. The highest BCUT2D eigenvalue weighted by Gasteiger charge is 2.13. The average molecular weight is 393 g/mol. The summed E-state index contributed by atoms with van der Waals surface area (Å²) in [6.45, 7) is 7.85. The number of aromatic nitrogens is 3. The van der Waals surface area contributed by atoms with Gasteiger partial charge in [0.2, 0.25) is 0 Å². The van der Waals surface area contributed by atoms with Gasteiger partial charge in [-0.1, -0.05) is 6.07 Å². The van der Waals surface area contributed by atoms with E-state index < -0.39 is 0 Å². The predicted molar refractivity (Wildman–Crippen MR) is 117 cm³/mol. The lowest BCUT2D eigenvalue weighted by Crippen LogP contribution is -2.19. The fourth-order valence-corrected chi connectivity index (χ4v) is 2.95. The number of aliphatic imine (C=N–C) groups is 1. The molecule has 0 saturated heterocycles. The zero-order valence-corrected chi connectivity index (χ0v) is 17.4. The molecule has 152 valence electrons. The van der Waals surface area contributed by atoms with Crippen LogP contribution in [0.2, 0.25) is 0 Å². The number of aryl methyl sites for hydroxylation is 2. The molecular weight excluding hydrogens is 366 g/mol. The molecule has 8 heteroatoms. The summed E-state index contributed by atoms with van der Waals surface area (Å²) in [7, 11) is 1.86. The molecule has 0 spiro atoms. The first-order valence-corrected chi connectivity index (χ1v) is 9.41. The van der Waals surface area contributed by atoms with Gasteiger partial charge in [0.25, 0.3) is 0 Å². The summed E-state index contributed by atoms with van der Waals surface area (Å²) in [5.74, 6) is 1.86. The van der Waals surface area contributed by atoms with Gasteiger partial charge in [0.1, 0.15) is 17.4 Å². The number of amidine groups is 1. The van der Waals surface area contributed by atoms with Crippen LogP contribution >= 0.6 is 0 Å². The lowest BCUT2D eigenvalue weighted by atomic mass is 10.1. The van der Waals surface area contributed by atoms with Crippen LogP contribution in [0.3, 0.4) is 0 Å². The van der Waals surface area contributed by atoms with Gasteiger partial charge in [-0.15, -0.1) is 0 Å². The van der Waals surface area contributed by atoms with E-state index in [-0.39, 0.29) is 11.8 Å². The first-order chi connectivity index (χ1) is 13.7. The summed E-state index contributed by atoms with van der Waals surface area (Å²) in [5.41, 5.74) is 10.1. The van der Waals surface area contributed by atoms with Crippen molar-refractivity contribution in [1.82, 2.24) is 14.8 Å². The van der Waals surface area contributed by atoms with Crippen LogP contribution in [0, 0.1) is 13.8 Å². The SMILES string of the molecule is Cc1ccc(O)c(C)c1N=C(N)c1cnc(Nc2ccn(C)n2)cc1NC(C)C. The van der Waals surface area contributed by atoms with Crippen molar-refractivity contribution in [2.24, 2.45) is 17.8 Å². The Morgan fingerprint density at radius 1 is 1.21 bits per heavy atom. The van der Waals surface area contributed by atoms with Crippen molar-refractivity contribution < 1.29 is 5.11 Å². The molecule has 0 saturated carbocycles. The van der Waals surface area contributed by atoms with Crippen LogP contribution in [0.4, 0.5) is 23.0 Å². The molecule has 5 N–H and O–H groups in total. The van der Waals surface area contributed by atoms with Crippen molar-refractivity contribution in [3.8, 4) is 5.75 Å². The summed E-state index contributed by atoms with van der Waals surface area (Å²) in [5, 5.41) is 20.9. The van der Waals surface area contributed by atoms with Crippen molar-refractivity contribution in [1.29, 1.82) is 0 Å². The second-order valence-electron chi connectivity index (χ2n) is 7.29. The number of nitrogens with zero attached hydrogens (tertiary/aromatic N) is 4. The Balaban J connectivity index is 2.00. The molecule has 0 atom stereocenters. The van der Waals surface area contributed by atoms with Gasteiger partial charge in [0, 0.05) is 43.2 Å². The van der Waals surface area contributed by atoms with Crippen LogP contribution < -0.4 is 16.4 Å². The number of pyridine rings is 1. The summed E-state index contributed by atoms with van der Waals surface area (Å²) < 4.78 is 1.72. The molecule has 3 rings (SSSR count). The van der Waals surface area contributed by atoms with Crippen molar-refractivity contribution >= 4 is 28.8 Å². The number of phenols is 1. The fourth-order valence-electron chi connectivity index (χ4n) is 2.95. The highest BCUT2D eigenvalue weighted by Crippen LogP contribution is 2.31. The van der Waals surface area contributed by atoms with Crippen molar-refractivity contribution in [3.63, 3.8) is 0 Å². The molecular formula is C21H27N7O. The maximum atomic E-state index is 10.0. The monoisotopic (exact) mass is 393 g/mol. The number of hydrogen-bond donors (Lipinski definition) is 4. The molecule has 1 aromatic carbocycles. The molecule has 2 aromatic heterocycles. The lowest BCUT2D eigenvalue weighted by Gasteiger charge is -2.16. The number of phenolic OH excluding ortho intramolecular Hbond substituents is 1. The molecule has 8 nitrogen and oxygen atoms in total. The van der Waals surface area contributed by atoms with E-state index in [1.54, 1.807) is 16.9 Å². The first-order valence-electron chi connectivity index (χ1n) is 9.41. The van der Waals surface area contributed by atoms with Gasteiger partial charge in [-0.2, -0.15) is 5.10 Å². The van der Waals surface area contributed by atoms with Gasteiger partial charge in [0.15, 0.2) is 5.82 Å². The Labute approximate surface area is 170 Å². The quantitative estimate of drug-likeness (QED) is 0.375. The molecule has 0 aliphatic rings. The zero-order chi connectivity index (χ0) is 21.1. The van der Waals surface area contributed by atoms with E-state index in [9.17, 15) is 5.11 Å². The summed E-state index contributed by atoms with van der Waals surface area (Å²) in [6.07, 6.45) is 3.54. The van der Waals surface area contributed by atoms with Crippen LogP contribution in [-0.2, 0) is 7.05 Å². The number of rotatable bonds is 6. The van der Waals surface area contributed by atoms with Gasteiger partial charge in [-0.25, -0.2) is 9.98 Å². The number of nitrogens with one attached hydrogen (secondary N) is 2. The Kier molecular flexibility index (Phi) is 5.72. The number of anilines is 3. The topological polar surface area (TPSA) is 113 Å². The number of hydrogen-bond acceptors (Lipinski definition) is 6. The van der Waals surface area contributed by atoms with E-state index in [2.05, 4.69) is 25.7 Å². The largest absolute Gasteiger partial charge is 0.508 e. The first kappa shape index (κ1) is 20.2. The summed E-state index contributed by atoms with van der Waals surface area (Å²) in [4.78, 5) is 9.06. The van der Waals surface area contributed by atoms with Gasteiger partial charge < -0.3 is 21.5 Å². The minimum Gasteiger partial charge on any atom is -0.508 e. The highest BCUT2D eigenvalue weighted by atomic mass is 16.3. The third-order valence-corrected chi connectivity index (χ3v) is 4.43. The molecule has 0 amide bonds. The van der Waals surface area contributed by atoms with Crippen molar-refractivity contribution in [2.75, 3.05) is 10.6 Å². The average Bonchev–Trinajstić information content (AvgIpc) is 3.06. The number of benzene rings is 1. The Bertz CT molecular complexity index is 1050. The van der Waals surface area contributed by atoms with Crippen LogP contribution in [-0.4, -0.2) is 31.7 Å². The van der Waals surface area contributed by atoms with E-state index in [1.165, 1.54) is 0 Å². The Morgan fingerprint density at radius 3 is 2.62 bits per heavy atom. The third kappa shape index (κ3) is 4.66. The predicted octanol–water partition coefficient (Wildman–Crippen LogP) is 3.74. The van der Waals surface area contributed by atoms with E-state index in [1.807, 2.05) is 59.1 Å². The number of nitrogens with two attached hydrogens (primary N) is 1. The van der Waals surface area contributed by atoms with Crippen molar-refractivity contribution in [3.05, 3.63) is 53.3 Å². The van der Waals surface area contributed by atoms with Gasteiger partial charge in [0.05, 0.1) is 16.9 Å². The van der Waals surface area contributed by atoms with E-state index in [0.717, 1.165) is 11.3 Å². The van der Waals surface area contributed by atoms with E-state index in [4.69, 9.17) is 5.73 Å². The van der Waals surface area contributed by atoms with Gasteiger partial charge >= 0.3 is 0 Å². The number of aromatic hydroxyl groups is 1. The van der Waals surface area contributed by atoms with E-state index in [0.29, 0.717) is 34.3 Å². The summed E-state index contributed by atoms with van der Waals surface area (Å²) in [6, 6.07) is 7.42. The molecule has 0 aliphatic carbocycles. The Hall–Kier alpha value is -3.55. The molecule has 0 unspecified atom stereocenters.